The summed E-state index contributed by atoms with van der Waals surface area (Å²) in [4.78, 5) is 15.3. The van der Waals surface area contributed by atoms with Gasteiger partial charge in [0.15, 0.2) is 0 Å². The molecule has 4 rings (SSSR count). The molecule has 2 fully saturated rings. The number of nitrogens with one attached hydrogen (secondary N) is 1. The zero-order valence-corrected chi connectivity index (χ0v) is 15.7. The second-order valence-corrected chi connectivity index (χ2v) is 7.93. The molecule has 0 saturated carbocycles. The van der Waals surface area contributed by atoms with Gasteiger partial charge in [-0.15, -0.1) is 0 Å². The summed E-state index contributed by atoms with van der Waals surface area (Å²) >= 11 is 6.18. The summed E-state index contributed by atoms with van der Waals surface area (Å²) in [7, 11) is 0. The van der Waals surface area contributed by atoms with Crippen molar-refractivity contribution in [2.75, 3.05) is 0 Å². The van der Waals surface area contributed by atoms with E-state index in [1.54, 1.807) is 12.1 Å². The molecule has 2 bridgehead atoms. The highest BCUT2D eigenvalue weighted by atomic mass is 35.5. The van der Waals surface area contributed by atoms with Crippen LogP contribution in [0, 0.1) is 0 Å². The predicted octanol–water partition coefficient (Wildman–Crippen LogP) is 4.66. The summed E-state index contributed by atoms with van der Waals surface area (Å²) in [6, 6.07) is 19.3. The second-order valence-electron chi connectivity index (χ2n) is 7.52. The quantitative estimate of drug-likeness (QED) is 0.851. The lowest BCUT2D eigenvalue weighted by molar-refractivity contribution is 0.0177. The Labute approximate surface area is 160 Å². The Hall–Kier alpha value is -1.84. The molecule has 1 amide bonds. The maximum atomic E-state index is 12.6. The van der Waals surface area contributed by atoms with Gasteiger partial charge in [-0.2, -0.15) is 0 Å². The minimum absolute atomic E-state index is 0.0461. The van der Waals surface area contributed by atoms with Gasteiger partial charge in [-0.3, -0.25) is 9.69 Å². The van der Waals surface area contributed by atoms with Crippen molar-refractivity contribution in [1.29, 1.82) is 0 Å². The molecule has 2 aliphatic rings. The summed E-state index contributed by atoms with van der Waals surface area (Å²) in [5.74, 6) is -0.0461. The van der Waals surface area contributed by atoms with E-state index in [4.69, 9.17) is 11.6 Å². The van der Waals surface area contributed by atoms with E-state index >= 15 is 0 Å². The second kappa shape index (κ2) is 7.81. The average Bonchev–Trinajstić information content (AvgIpc) is 2.63. The fourth-order valence-corrected chi connectivity index (χ4v) is 4.78. The molecule has 0 aromatic heterocycles. The largest absolute Gasteiger partial charge is 0.349 e. The summed E-state index contributed by atoms with van der Waals surface area (Å²) in [5, 5.41) is 3.76. The van der Waals surface area contributed by atoms with Crippen LogP contribution in [0.25, 0.3) is 0 Å². The highest BCUT2D eigenvalue weighted by molar-refractivity contribution is 6.33. The summed E-state index contributed by atoms with van der Waals surface area (Å²) in [5.41, 5.74) is 1.95. The van der Waals surface area contributed by atoms with Gasteiger partial charge in [0.05, 0.1) is 10.6 Å². The predicted molar refractivity (Wildman–Crippen MR) is 105 cm³/mol. The van der Waals surface area contributed by atoms with Crippen molar-refractivity contribution < 1.29 is 4.79 Å². The molecule has 4 heteroatoms. The molecule has 1 N–H and O–H groups in total. The fourth-order valence-electron chi connectivity index (χ4n) is 4.56. The van der Waals surface area contributed by atoms with E-state index in [9.17, 15) is 4.79 Å². The standard InChI is InChI=1S/C22H25ClN2O/c23-21-12-5-4-11-20(21)22(26)24-17-13-18-9-6-10-19(14-17)25(18)15-16-7-2-1-3-8-16/h1-5,7-8,11-12,17-19H,6,9-10,13-15H2,(H,24,26). The molecule has 2 heterocycles. The van der Waals surface area contributed by atoms with Crippen LogP contribution in [0.4, 0.5) is 0 Å². The summed E-state index contributed by atoms with van der Waals surface area (Å²) in [6.45, 7) is 1.02. The Morgan fingerprint density at radius 1 is 1.00 bits per heavy atom. The Morgan fingerprint density at radius 2 is 1.65 bits per heavy atom. The number of carbonyl (C=O) groups excluding carboxylic acids is 1. The van der Waals surface area contributed by atoms with Crippen molar-refractivity contribution >= 4 is 17.5 Å². The zero-order chi connectivity index (χ0) is 17.9. The number of fused-ring (bicyclic) bond motifs is 2. The number of halogens is 1. The molecule has 26 heavy (non-hydrogen) atoms. The van der Waals surface area contributed by atoms with Crippen molar-refractivity contribution in [1.82, 2.24) is 10.2 Å². The van der Waals surface area contributed by atoms with E-state index in [1.807, 2.05) is 12.1 Å². The van der Waals surface area contributed by atoms with Crippen LogP contribution in [0.3, 0.4) is 0 Å². The zero-order valence-electron chi connectivity index (χ0n) is 14.9. The molecule has 0 radical (unpaired) electrons. The third-order valence-corrected chi connectivity index (χ3v) is 6.12. The van der Waals surface area contributed by atoms with Crippen LogP contribution >= 0.6 is 11.6 Å². The Kier molecular flexibility index (Phi) is 5.28. The molecular weight excluding hydrogens is 344 g/mol. The molecule has 2 aromatic carbocycles. The van der Waals surface area contributed by atoms with E-state index in [1.165, 1.54) is 24.8 Å². The van der Waals surface area contributed by atoms with Crippen molar-refractivity contribution in [2.24, 2.45) is 0 Å². The molecular formula is C22H25ClN2O. The number of hydrogen-bond acceptors (Lipinski definition) is 2. The average molecular weight is 369 g/mol. The number of amides is 1. The van der Waals surface area contributed by atoms with Crippen LogP contribution in [0.5, 0.6) is 0 Å². The van der Waals surface area contributed by atoms with Crippen LogP contribution in [0.1, 0.15) is 48.0 Å². The molecule has 2 saturated heterocycles. The van der Waals surface area contributed by atoms with Crippen LogP contribution in [-0.2, 0) is 6.54 Å². The number of carbonyl (C=O) groups is 1. The SMILES string of the molecule is O=C(NC1CC2CCCC(C1)N2Cc1ccccc1)c1ccccc1Cl. The van der Waals surface area contributed by atoms with Gasteiger partial charge in [0, 0.05) is 24.7 Å². The van der Waals surface area contributed by atoms with E-state index in [2.05, 4.69) is 40.5 Å². The summed E-state index contributed by atoms with van der Waals surface area (Å²) < 4.78 is 0. The van der Waals surface area contributed by atoms with Gasteiger partial charge < -0.3 is 5.32 Å². The summed E-state index contributed by atoms with van der Waals surface area (Å²) in [6.07, 6.45) is 5.80. The highest BCUT2D eigenvalue weighted by Gasteiger charge is 2.38. The van der Waals surface area contributed by atoms with Gasteiger partial charge in [-0.25, -0.2) is 0 Å². The minimum Gasteiger partial charge on any atom is -0.349 e. The molecule has 0 spiro atoms. The topological polar surface area (TPSA) is 32.3 Å². The number of hydrogen-bond donors (Lipinski definition) is 1. The number of piperidine rings is 2. The third-order valence-electron chi connectivity index (χ3n) is 5.79. The van der Waals surface area contributed by atoms with Gasteiger partial charge in [0.25, 0.3) is 5.91 Å². The van der Waals surface area contributed by atoms with Gasteiger partial charge in [0.2, 0.25) is 0 Å². The molecule has 2 aromatic rings. The van der Waals surface area contributed by atoms with Crippen LogP contribution in [0.2, 0.25) is 5.02 Å². The van der Waals surface area contributed by atoms with Crippen molar-refractivity contribution in [2.45, 2.75) is 56.8 Å². The molecule has 136 valence electrons. The van der Waals surface area contributed by atoms with Crippen LogP contribution < -0.4 is 5.32 Å². The van der Waals surface area contributed by atoms with Crippen LogP contribution in [-0.4, -0.2) is 28.9 Å². The third kappa shape index (κ3) is 3.79. The van der Waals surface area contributed by atoms with Gasteiger partial charge in [-0.05, 0) is 43.4 Å². The van der Waals surface area contributed by atoms with Gasteiger partial charge >= 0.3 is 0 Å². The normalized spacial score (nSPS) is 25.7. The smallest absolute Gasteiger partial charge is 0.253 e. The van der Waals surface area contributed by atoms with E-state index in [-0.39, 0.29) is 11.9 Å². The maximum Gasteiger partial charge on any atom is 0.253 e. The van der Waals surface area contributed by atoms with Gasteiger partial charge in [-0.1, -0.05) is 60.5 Å². The fraction of sp³-hybridized carbons (Fsp3) is 0.409. The lowest BCUT2D eigenvalue weighted by atomic mass is 9.81. The molecule has 2 aliphatic heterocycles. The first-order chi connectivity index (χ1) is 12.7. The number of benzene rings is 2. The molecule has 2 unspecified atom stereocenters. The Bertz CT molecular complexity index is 750. The van der Waals surface area contributed by atoms with Crippen molar-refractivity contribution in [3.8, 4) is 0 Å². The number of rotatable bonds is 4. The molecule has 2 atom stereocenters. The van der Waals surface area contributed by atoms with E-state index in [0.717, 1.165) is 19.4 Å². The van der Waals surface area contributed by atoms with Crippen molar-refractivity contribution in [3.05, 3.63) is 70.7 Å². The Balaban J connectivity index is 1.43. The number of nitrogens with zero attached hydrogens (tertiary/aromatic N) is 1. The monoisotopic (exact) mass is 368 g/mol. The van der Waals surface area contributed by atoms with E-state index in [0.29, 0.717) is 22.7 Å². The highest BCUT2D eigenvalue weighted by Crippen LogP contribution is 2.35. The van der Waals surface area contributed by atoms with Gasteiger partial charge in [0.1, 0.15) is 0 Å². The van der Waals surface area contributed by atoms with Crippen molar-refractivity contribution in [3.63, 3.8) is 0 Å². The lowest BCUT2D eigenvalue weighted by Crippen LogP contribution is -2.56. The first kappa shape index (κ1) is 17.6. The Morgan fingerprint density at radius 3 is 2.35 bits per heavy atom. The first-order valence-electron chi connectivity index (χ1n) is 9.56. The minimum atomic E-state index is -0.0461. The maximum absolute atomic E-state index is 12.6. The first-order valence-corrected chi connectivity index (χ1v) is 9.93. The van der Waals surface area contributed by atoms with Crippen LogP contribution in [0.15, 0.2) is 54.6 Å². The van der Waals surface area contributed by atoms with E-state index < -0.39 is 0 Å². The molecule has 0 aliphatic carbocycles. The molecule has 3 nitrogen and oxygen atoms in total. The lowest BCUT2D eigenvalue weighted by Gasteiger charge is -2.49.